The molecule has 1 heterocycles. The summed E-state index contributed by atoms with van der Waals surface area (Å²) < 4.78 is 0. The number of aromatic nitrogens is 1. The Hall–Kier alpha value is -1.17. The Bertz CT molecular complexity index is 340. The van der Waals surface area contributed by atoms with E-state index in [0.29, 0.717) is 0 Å². The summed E-state index contributed by atoms with van der Waals surface area (Å²) in [6.07, 6.45) is 2.97. The van der Waals surface area contributed by atoms with Gasteiger partial charge >= 0.3 is 0 Å². The van der Waals surface area contributed by atoms with Crippen molar-refractivity contribution in [2.75, 3.05) is 39.2 Å². The van der Waals surface area contributed by atoms with Gasteiger partial charge in [-0.15, -0.1) is 0 Å². The maximum Gasteiger partial charge on any atom is 0.0564 e. The first kappa shape index (κ1) is 14.9. The third kappa shape index (κ3) is 5.44. The van der Waals surface area contributed by atoms with Crippen molar-refractivity contribution in [1.82, 2.24) is 14.8 Å². The fraction of sp³-hybridized carbons (Fsp3) is 0.615. The number of hydrogen-bond acceptors (Lipinski definition) is 5. The summed E-state index contributed by atoms with van der Waals surface area (Å²) in [6.45, 7) is 6.31. The number of nitrogen functional groups attached to an aromatic ring is 1. The van der Waals surface area contributed by atoms with Gasteiger partial charge in [0, 0.05) is 12.7 Å². The molecule has 0 saturated heterocycles. The zero-order chi connectivity index (χ0) is 13.4. The molecule has 0 radical (unpaired) electrons. The van der Waals surface area contributed by atoms with Crippen LogP contribution in [0.2, 0.25) is 0 Å². The quantitative estimate of drug-likeness (QED) is 0.536. The van der Waals surface area contributed by atoms with E-state index in [2.05, 4.69) is 41.2 Å². The zero-order valence-corrected chi connectivity index (χ0v) is 11.7. The Morgan fingerprint density at radius 1 is 1.33 bits per heavy atom. The van der Waals surface area contributed by atoms with Crippen molar-refractivity contribution in [1.29, 1.82) is 0 Å². The van der Waals surface area contributed by atoms with Gasteiger partial charge in [-0.05, 0) is 52.3 Å². The monoisotopic (exact) mass is 251 g/mol. The summed E-state index contributed by atoms with van der Waals surface area (Å²) in [7, 11) is 4.21. The third-order valence-electron chi connectivity index (χ3n) is 2.90. The lowest BCUT2D eigenvalue weighted by Gasteiger charge is -2.21. The molecule has 0 aliphatic rings. The highest BCUT2D eigenvalue weighted by Gasteiger charge is 2.05. The predicted octanol–water partition coefficient (Wildman–Crippen LogP) is 1.14. The number of anilines is 1. The van der Waals surface area contributed by atoms with E-state index in [4.69, 9.17) is 5.84 Å². The standard InChI is InChI=1S/C13H25N5/c1-4-18(9-5-8-17(2)3)11-13-10-12(16-14)6-7-15-13/h6-7,10H,4-5,8-9,11,14H2,1-3H3,(H,15,16). The fourth-order valence-corrected chi connectivity index (χ4v) is 1.84. The topological polar surface area (TPSA) is 57.4 Å². The van der Waals surface area contributed by atoms with E-state index >= 15 is 0 Å². The molecular formula is C13H25N5. The number of rotatable bonds is 8. The van der Waals surface area contributed by atoms with Crippen LogP contribution < -0.4 is 11.3 Å². The van der Waals surface area contributed by atoms with Crippen LogP contribution in [0, 0.1) is 0 Å². The van der Waals surface area contributed by atoms with E-state index in [-0.39, 0.29) is 0 Å². The lowest BCUT2D eigenvalue weighted by atomic mass is 10.3. The molecule has 0 aliphatic heterocycles. The van der Waals surface area contributed by atoms with Crippen LogP contribution in [0.1, 0.15) is 19.0 Å². The molecule has 0 aliphatic carbocycles. The van der Waals surface area contributed by atoms with E-state index in [1.807, 2.05) is 12.1 Å². The molecule has 0 fully saturated rings. The van der Waals surface area contributed by atoms with Crippen LogP contribution in [-0.4, -0.2) is 48.5 Å². The fourth-order valence-electron chi connectivity index (χ4n) is 1.84. The number of nitrogens with two attached hydrogens (primary N) is 1. The van der Waals surface area contributed by atoms with Gasteiger partial charge in [0.25, 0.3) is 0 Å². The molecule has 102 valence electrons. The molecule has 0 aromatic carbocycles. The van der Waals surface area contributed by atoms with E-state index in [0.717, 1.165) is 37.6 Å². The normalized spacial score (nSPS) is 11.2. The minimum absolute atomic E-state index is 0.874. The molecule has 18 heavy (non-hydrogen) atoms. The van der Waals surface area contributed by atoms with Gasteiger partial charge in [0.1, 0.15) is 0 Å². The molecule has 0 atom stereocenters. The second-order valence-electron chi connectivity index (χ2n) is 4.71. The first-order valence-corrected chi connectivity index (χ1v) is 6.44. The summed E-state index contributed by atoms with van der Waals surface area (Å²) >= 11 is 0. The van der Waals surface area contributed by atoms with Crippen LogP contribution in [0.25, 0.3) is 0 Å². The highest BCUT2D eigenvalue weighted by atomic mass is 15.2. The van der Waals surface area contributed by atoms with E-state index < -0.39 is 0 Å². The molecule has 0 spiro atoms. The Kier molecular flexibility index (Phi) is 6.64. The molecule has 1 aromatic rings. The van der Waals surface area contributed by atoms with Crippen LogP contribution in [0.3, 0.4) is 0 Å². The summed E-state index contributed by atoms with van der Waals surface area (Å²) in [5.41, 5.74) is 4.61. The van der Waals surface area contributed by atoms with E-state index in [9.17, 15) is 0 Å². The van der Waals surface area contributed by atoms with Crippen LogP contribution in [-0.2, 0) is 6.54 Å². The molecule has 1 rings (SSSR count). The summed E-state index contributed by atoms with van der Waals surface area (Å²) in [4.78, 5) is 8.98. The smallest absolute Gasteiger partial charge is 0.0564 e. The van der Waals surface area contributed by atoms with E-state index in [1.54, 1.807) is 6.20 Å². The van der Waals surface area contributed by atoms with Gasteiger partial charge in [-0.3, -0.25) is 15.7 Å². The molecular weight excluding hydrogens is 226 g/mol. The number of nitrogens with one attached hydrogen (secondary N) is 1. The maximum atomic E-state index is 5.40. The Morgan fingerprint density at radius 3 is 2.72 bits per heavy atom. The largest absolute Gasteiger partial charge is 0.324 e. The lowest BCUT2D eigenvalue weighted by Crippen LogP contribution is -2.27. The summed E-state index contributed by atoms with van der Waals surface area (Å²) in [6, 6.07) is 3.86. The Balaban J connectivity index is 2.46. The summed E-state index contributed by atoms with van der Waals surface area (Å²) in [5, 5.41) is 0. The molecule has 3 N–H and O–H groups in total. The van der Waals surface area contributed by atoms with Gasteiger partial charge in [-0.2, -0.15) is 0 Å². The van der Waals surface area contributed by atoms with Crippen LogP contribution in [0.4, 0.5) is 5.69 Å². The molecule has 0 amide bonds. The molecule has 0 saturated carbocycles. The first-order chi connectivity index (χ1) is 8.65. The van der Waals surface area contributed by atoms with Gasteiger partial charge in [0.05, 0.1) is 11.4 Å². The molecule has 5 heteroatoms. The maximum absolute atomic E-state index is 5.40. The van der Waals surface area contributed by atoms with Crippen molar-refractivity contribution in [2.24, 2.45) is 5.84 Å². The van der Waals surface area contributed by atoms with Gasteiger partial charge in [-0.25, -0.2) is 0 Å². The van der Waals surface area contributed by atoms with Crippen molar-refractivity contribution in [2.45, 2.75) is 19.9 Å². The predicted molar refractivity (Wildman–Crippen MR) is 76.2 cm³/mol. The molecule has 5 nitrogen and oxygen atoms in total. The second kappa shape index (κ2) is 8.02. The third-order valence-corrected chi connectivity index (χ3v) is 2.90. The van der Waals surface area contributed by atoms with Crippen molar-refractivity contribution in [3.63, 3.8) is 0 Å². The van der Waals surface area contributed by atoms with Gasteiger partial charge in [0.15, 0.2) is 0 Å². The lowest BCUT2D eigenvalue weighted by molar-refractivity contribution is 0.256. The van der Waals surface area contributed by atoms with Gasteiger partial charge in [-0.1, -0.05) is 6.92 Å². The van der Waals surface area contributed by atoms with Gasteiger partial charge in [0.2, 0.25) is 0 Å². The minimum atomic E-state index is 0.874. The highest BCUT2D eigenvalue weighted by molar-refractivity contribution is 5.41. The average Bonchev–Trinajstić information content (AvgIpc) is 2.37. The SMILES string of the molecule is CCN(CCCN(C)C)Cc1cc(NN)ccn1. The second-order valence-corrected chi connectivity index (χ2v) is 4.71. The van der Waals surface area contributed by atoms with Gasteiger partial charge < -0.3 is 10.3 Å². The van der Waals surface area contributed by atoms with Crippen LogP contribution in [0.5, 0.6) is 0 Å². The molecule has 0 bridgehead atoms. The Morgan fingerprint density at radius 2 is 2.11 bits per heavy atom. The zero-order valence-electron chi connectivity index (χ0n) is 11.7. The summed E-state index contributed by atoms with van der Waals surface area (Å²) in [5.74, 6) is 5.40. The average molecular weight is 251 g/mol. The molecule has 0 unspecified atom stereocenters. The van der Waals surface area contributed by atoms with Crippen molar-refractivity contribution in [3.05, 3.63) is 24.0 Å². The van der Waals surface area contributed by atoms with E-state index in [1.165, 1.54) is 6.42 Å². The number of pyridine rings is 1. The number of hydrogen-bond donors (Lipinski definition) is 2. The molecule has 1 aromatic heterocycles. The first-order valence-electron chi connectivity index (χ1n) is 6.44. The van der Waals surface area contributed by atoms with Crippen LogP contribution in [0.15, 0.2) is 18.3 Å². The van der Waals surface area contributed by atoms with Crippen LogP contribution >= 0.6 is 0 Å². The Labute approximate surface area is 110 Å². The number of nitrogens with zero attached hydrogens (tertiary/aromatic N) is 3. The van der Waals surface area contributed by atoms with Crippen molar-refractivity contribution >= 4 is 5.69 Å². The minimum Gasteiger partial charge on any atom is -0.324 e. The van der Waals surface area contributed by atoms with Crippen molar-refractivity contribution in [3.8, 4) is 0 Å². The highest BCUT2D eigenvalue weighted by Crippen LogP contribution is 2.08. The number of hydrazine groups is 1. The van der Waals surface area contributed by atoms with Crippen molar-refractivity contribution < 1.29 is 0 Å².